The van der Waals surface area contributed by atoms with E-state index in [0.29, 0.717) is 0 Å². The van der Waals surface area contributed by atoms with Gasteiger partial charge in [-0.3, -0.25) is 9.48 Å². The molecule has 1 heterocycles. The molecule has 0 bridgehead atoms. The van der Waals surface area contributed by atoms with Gasteiger partial charge in [-0.2, -0.15) is 5.10 Å². The van der Waals surface area contributed by atoms with E-state index in [4.69, 9.17) is 9.84 Å². The maximum absolute atomic E-state index is 12.4. The molecule has 8 nitrogen and oxygen atoms in total. The van der Waals surface area contributed by atoms with Crippen molar-refractivity contribution in [2.24, 2.45) is 0 Å². The average molecular weight is 319 g/mol. The van der Waals surface area contributed by atoms with Crippen LogP contribution in [0.25, 0.3) is 0 Å². The normalized spacial score (nSPS) is 12.6. The summed E-state index contributed by atoms with van der Waals surface area (Å²) in [6, 6.07) is 0. The predicted octanol–water partition coefficient (Wildman–Crippen LogP) is 0.288. The maximum atomic E-state index is 12.4. The summed E-state index contributed by atoms with van der Waals surface area (Å²) in [5.41, 5.74) is -0.0968. The van der Waals surface area contributed by atoms with Crippen LogP contribution in [0.15, 0.2) is 4.90 Å². The molecule has 0 saturated heterocycles. The first-order valence-corrected chi connectivity index (χ1v) is 7.79. The third-order valence-electron chi connectivity index (χ3n) is 3.11. The Labute approximate surface area is 124 Å². The zero-order valence-corrected chi connectivity index (χ0v) is 13.6. The van der Waals surface area contributed by atoms with E-state index in [-0.39, 0.29) is 29.4 Å². The van der Waals surface area contributed by atoms with Crippen LogP contribution >= 0.6 is 0 Å². The molecule has 1 rings (SSSR count). The topological polar surface area (TPSA) is 111 Å². The van der Waals surface area contributed by atoms with Gasteiger partial charge in [0, 0.05) is 13.7 Å². The predicted molar refractivity (Wildman–Crippen MR) is 75.6 cm³/mol. The highest BCUT2D eigenvalue weighted by molar-refractivity contribution is 7.89. The van der Waals surface area contributed by atoms with Crippen molar-refractivity contribution in [3.05, 3.63) is 11.4 Å². The summed E-state index contributed by atoms with van der Waals surface area (Å²) >= 11 is 0. The number of aromatic nitrogens is 2. The van der Waals surface area contributed by atoms with E-state index in [1.807, 2.05) is 0 Å². The van der Waals surface area contributed by atoms with Gasteiger partial charge in [0.1, 0.15) is 11.4 Å². The molecule has 9 heteroatoms. The lowest BCUT2D eigenvalue weighted by Crippen LogP contribution is -2.40. The van der Waals surface area contributed by atoms with Crippen LogP contribution in [-0.2, 0) is 26.1 Å². The van der Waals surface area contributed by atoms with Gasteiger partial charge in [-0.25, -0.2) is 13.1 Å². The van der Waals surface area contributed by atoms with Gasteiger partial charge in [-0.1, -0.05) is 0 Å². The van der Waals surface area contributed by atoms with Crippen LogP contribution < -0.4 is 4.72 Å². The molecule has 0 atom stereocenters. The minimum Gasteiger partial charge on any atom is -0.480 e. The summed E-state index contributed by atoms with van der Waals surface area (Å²) in [6.07, 6.45) is 0. The second-order valence-electron chi connectivity index (χ2n) is 5.34. The van der Waals surface area contributed by atoms with Crippen molar-refractivity contribution in [2.75, 3.05) is 13.7 Å². The van der Waals surface area contributed by atoms with Crippen LogP contribution in [-0.4, -0.2) is 48.5 Å². The van der Waals surface area contributed by atoms with Crippen LogP contribution in [0.3, 0.4) is 0 Å². The molecule has 0 aromatic carbocycles. The number of carbonyl (C=O) groups is 1. The summed E-state index contributed by atoms with van der Waals surface area (Å²) in [4.78, 5) is 10.8. The summed E-state index contributed by atoms with van der Waals surface area (Å²) < 4.78 is 33.5. The number of ether oxygens (including phenoxy) is 1. The molecule has 0 aliphatic carbocycles. The molecule has 2 N–H and O–H groups in total. The number of carboxylic acid groups (broad SMARTS) is 1. The Balaban J connectivity index is 3.09. The highest BCUT2D eigenvalue weighted by Gasteiger charge is 2.27. The smallest absolute Gasteiger partial charge is 0.325 e. The molecule has 1 aromatic rings. The molecular formula is C12H21N3O5S. The molecule has 0 unspecified atom stereocenters. The number of hydrogen-bond donors (Lipinski definition) is 2. The fourth-order valence-electron chi connectivity index (χ4n) is 1.76. The van der Waals surface area contributed by atoms with E-state index in [0.717, 1.165) is 4.68 Å². The van der Waals surface area contributed by atoms with Gasteiger partial charge in [0.05, 0.1) is 17.0 Å². The van der Waals surface area contributed by atoms with Crippen molar-refractivity contribution in [3.8, 4) is 0 Å². The second-order valence-corrected chi connectivity index (χ2v) is 7.04. The Morgan fingerprint density at radius 3 is 2.48 bits per heavy atom. The Morgan fingerprint density at radius 2 is 2.00 bits per heavy atom. The standard InChI is InChI=1S/C12H21N3O5S/c1-8-11(9(2)15(14-8)6-10(16)17)21(18,19)13-7-12(3,4)20-5/h13H,6-7H2,1-5H3,(H,16,17). The van der Waals surface area contributed by atoms with Crippen LogP contribution in [0.5, 0.6) is 0 Å². The Hall–Kier alpha value is -1.45. The highest BCUT2D eigenvalue weighted by atomic mass is 32.2. The van der Waals surface area contributed by atoms with E-state index < -0.39 is 21.6 Å². The van der Waals surface area contributed by atoms with E-state index >= 15 is 0 Å². The SMILES string of the molecule is COC(C)(C)CNS(=O)(=O)c1c(C)nn(CC(=O)O)c1C. The van der Waals surface area contributed by atoms with Crippen LogP contribution in [0.4, 0.5) is 0 Å². The summed E-state index contributed by atoms with van der Waals surface area (Å²) in [6.45, 7) is 6.27. The van der Waals surface area contributed by atoms with Crippen molar-refractivity contribution in [1.82, 2.24) is 14.5 Å². The molecule has 0 saturated carbocycles. The molecule has 21 heavy (non-hydrogen) atoms. The zero-order valence-electron chi connectivity index (χ0n) is 12.8. The molecule has 0 amide bonds. The lowest BCUT2D eigenvalue weighted by molar-refractivity contribution is -0.137. The lowest BCUT2D eigenvalue weighted by atomic mass is 10.1. The molecule has 0 aliphatic heterocycles. The minimum absolute atomic E-state index is 0.00986. The molecule has 120 valence electrons. The largest absolute Gasteiger partial charge is 0.480 e. The van der Waals surface area contributed by atoms with Crippen LogP contribution in [0.2, 0.25) is 0 Å². The monoisotopic (exact) mass is 319 g/mol. The van der Waals surface area contributed by atoms with Crippen molar-refractivity contribution in [1.29, 1.82) is 0 Å². The third kappa shape index (κ3) is 4.26. The Bertz CT molecular complexity index is 634. The van der Waals surface area contributed by atoms with E-state index in [1.165, 1.54) is 21.0 Å². The first-order valence-electron chi connectivity index (χ1n) is 6.31. The van der Waals surface area contributed by atoms with Gasteiger partial charge in [-0.05, 0) is 27.7 Å². The van der Waals surface area contributed by atoms with Crippen LogP contribution in [0.1, 0.15) is 25.2 Å². The van der Waals surface area contributed by atoms with Gasteiger partial charge < -0.3 is 9.84 Å². The van der Waals surface area contributed by atoms with Gasteiger partial charge >= 0.3 is 5.97 Å². The number of rotatable bonds is 7. The number of aryl methyl sites for hydroxylation is 1. The molecule has 0 spiro atoms. The van der Waals surface area contributed by atoms with Crippen molar-refractivity contribution in [2.45, 2.75) is 44.7 Å². The Morgan fingerprint density at radius 1 is 1.43 bits per heavy atom. The van der Waals surface area contributed by atoms with Gasteiger partial charge in [-0.15, -0.1) is 0 Å². The lowest BCUT2D eigenvalue weighted by Gasteiger charge is -2.23. The van der Waals surface area contributed by atoms with Crippen molar-refractivity contribution in [3.63, 3.8) is 0 Å². The summed E-state index contributed by atoms with van der Waals surface area (Å²) in [7, 11) is -2.29. The molecule has 0 aliphatic rings. The first-order chi connectivity index (χ1) is 9.50. The van der Waals surface area contributed by atoms with Crippen molar-refractivity contribution >= 4 is 16.0 Å². The summed E-state index contributed by atoms with van der Waals surface area (Å²) in [5, 5.41) is 12.8. The van der Waals surface area contributed by atoms with E-state index in [9.17, 15) is 13.2 Å². The molecule has 0 fully saturated rings. The fourth-order valence-corrected chi connectivity index (χ4v) is 3.37. The summed E-state index contributed by atoms with van der Waals surface area (Å²) in [5.74, 6) is -1.09. The van der Waals surface area contributed by atoms with Crippen molar-refractivity contribution < 1.29 is 23.1 Å². The Kier molecular flexibility index (Phi) is 5.13. The fraction of sp³-hybridized carbons (Fsp3) is 0.667. The minimum atomic E-state index is -3.79. The maximum Gasteiger partial charge on any atom is 0.325 e. The van der Waals surface area contributed by atoms with E-state index in [2.05, 4.69) is 9.82 Å². The number of hydrogen-bond acceptors (Lipinski definition) is 5. The quantitative estimate of drug-likeness (QED) is 0.747. The van der Waals surface area contributed by atoms with Gasteiger partial charge in [0.25, 0.3) is 0 Å². The van der Waals surface area contributed by atoms with Crippen LogP contribution in [0, 0.1) is 13.8 Å². The number of carboxylic acids is 1. The zero-order chi connectivity index (χ0) is 16.4. The third-order valence-corrected chi connectivity index (χ3v) is 4.76. The second kappa shape index (κ2) is 6.12. The highest BCUT2D eigenvalue weighted by Crippen LogP contribution is 2.20. The number of methoxy groups -OCH3 is 1. The van der Waals surface area contributed by atoms with Gasteiger partial charge in [0.15, 0.2) is 0 Å². The molecular weight excluding hydrogens is 298 g/mol. The number of sulfonamides is 1. The average Bonchev–Trinajstić information content (AvgIpc) is 2.62. The van der Waals surface area contributed by atoms with E-state index in [1.54, 1.807) is 13.8 Å². The molecule has 0 radical (unpaired) electrons. The number of nitrogens with one attached hydrogen (secondary N) is 1. The number of aliphatic carboxylic acids is 1. The van der Waals surface area contributed by atoms with Gasteiger partial charge in [0.2, 0.25) is 10.0 Å². The first kappa shape index (κ1) is 17.6. The molecule has 1 aromatic heterocycles. The number of nitrogens with zero attached hydrogens (tertiary/aromatic N) is 2.